The van der Waals surface area contributed by atoms with E-state index in [2.05, 4.69) is 0 Å². The van der Waals surface area contributed by atoms with Gasteiger partial charge in [-0.25, -0.2) is 4.39 Å². The van der Waals surface area contributed by atoms with Crippen LogP contribution in [-0.2, 0) is 0 Å². The van der Waals surface area contributed by atoms with Crippen molar-refractivity contribution in [1.82, 2.24) is 4.90 Å². The Morgan fingerprint density at radius 1 is 1.33 bits per heavy atom. The number of hydrogen-bond acceptors (Lipinski definition) is 3. The molecule has 1 aromatic carbocycles. The van der Waals surface area contributed by atoms with Crippen molar-refractivity contribution >= 4 is 0 Å². The van der Waals surface area contributed by atoms with Gasteiger partial charge in [-0.15, -0.1) is 0 Å². The molecule has 0 radical (unpaired) electrons. The molecule has 18 heavy (non-hydrogen) atoms. The van der Waals surface area contributed by atoms with E-state index in [1.54, 1.807) is 32.0 Å². The molecule has 0 amide bonds. The van der Waals surface area contributed by atoms with Gasteiger partial charge in [0, 0.05) is 18.7 Å². The molecule has 1 rings (SSSR count). The first-order valence-electron chi connectivity index (χ1n) is 6.13. The van der Waals surface area contributed by atoms with E-state index in [1.165, 1.54) is 6.07 Å². The third-order valence-corrected chi connectivity index (χ3v) is 2.71. The molecule has 0 fully saturated rings. The predicted octanol–water partition coefficient (Wildman–Crippen LogP) is 1.95. The second kappa shape index (κ2) is 6.27. The molecule has 0 aliphatic rings. The Labute approximate surface area is 108 Å². The minimum Gasteiger partial charge on any atom is -0.389 e. The van der Waals surface area contributed by atoms with Crippen molar-refractivity contribution < 1.29 is 14.6 Å². The van der Waals surface area contributed by atoms with Crippen LogP contribution in [0.4, 0.5) is 4.39 Å². The first kappa shape index (κ1) is 15.1. The van der Waals surface area contributed by atoms with Crippen molar-refractivity contribution in [3.63, 3.8) is 0 Å². The SMILES string of the molecule is CN(CCC(O)c1ccccc1F)CC(C)(C)O. The fourth-order valence-electron chi connectivity index (χ4n) is 1.98. The minimum atomic E-state index is -0.810. The summed E-state index contributed by atoms with van der Waals surface area (Å²) in [6.07, 6.45) is -0.372. The number of likely N-dealkylation sites (N-methyl/N-ethyl adjacent to an activating group) is 1. The zero-order valence-electron chi connectivity index (χ0n) is 11.2. The van der Waals surface area contributed by atoms with Crippen LogP contribution in [0.25, 0.3) is 0 Å². The highest BCUT2D eigenvalue weighted by Gasteiger charge is 2.17. The average Bonchev–Trinajstić information content (AvgIpc) is 2.24. The van der Waals surface area contributed by atoms with E-state index in [9.17, 15) is 14.6 Å². The summed E-state index contributed by atoms with van der Waals surface area (Å²) in [6, 6.07) is 6.25. The highest BCUT2D eigenvalue weighted by atomic mass is 19.1. The summed E-state index contributed by atoms with van der Waals surface area (Å²) in [4.78, 5) is 1.92. The molecule has 0 heterocycles. The quantitative estimate of drug-likeness (QED) is 0.816. The van der Waals surface area contributed by atoms with E-state index in [0.717, 1.165) is 0 Å². The monoisotopic (exact) mass is 255 g/mol. The first-order valence-corrected chi connectivity index (χ1v) is 6.13. The van der Waals surface area contributed by atoms with Crippen molar-refractivity contribution in [2.45, 2.75) is 32.0 Å². The van der Waals surface area contributed by atoms with Crippen molar-refractivity contribution in [1.29, 1.82) is 0 Å². The molecule has 102 valence electrons. The van der Waals surface area contributed by atoms with Crippen LogP contribution in [0.15, 0.2) is 24.3 Å². The molecule has 1 aromatic rings. The Hall–Kier alpha value is -0.970. The van der Waals surface area contributed by atoms with Crippen molar-refractivity contribution in [2.24, 2.45) is 0 Å². The fraction of sp³-hybridized carbons (Fsp3) is 0.571. The van der Waals surface area contributed by atoms with Crippen LogP contribution in [0.5, 0.6) is 0 Å². The highest BCUT2D eigenvalue weighted by molar-refractivity contribution is 5.19. The number of benzene rings is 1. The van der Waals surface area contributed by atoms with Gasteiger partial charge in [-0.05, 0) is 33.4 Å². The van der Waals surface area contributed by atoms with Gasteiger partial charge in [0.25, 0.3) is 0 Å². The third-order valence-electron chi connectivity index (χ3n) is 2.71. The molecule has 0 saturated heterocycles. The molecule has 1 unspecified atom stereocenters. The van der Waals surface area contributed by atoms with Crippen LogP contribution in [0.2, 0.25) is 0 Å². The van der Waals surface area contributed by atoms with Crippen LogP contribution < -0.4 is 0 Å². The zero-order chi connectivity index (χ0) is 13.8. The Balaban J connectivity index is 2.47. The summed E-state index contributed by atoms with van der Waals surface area (Å²) in [5.74, 6) is -0.379. The molecule has 0 bridgehead atoms. The van der Waals surface area contributed by atoms with Gasteiger partial charge < -0.3 is 15.1 Å². The Morgan fingerprint density at radius 3 is 2.50 bits per heavy atom. The smallest absolute Gasteiger partial charge is 0.128 e. The van der Waals surface area contributed by atoms with Gasteiger partial charge in [0.2, 0.25) is 0 Å². The van der Waals surface area contributed by atoms with Crippen molar-refractivity contribution in [3.8, 4) is 0 Å². The minimum absolute atomic E-state index is 0.328. The maximum Gasteiger partial charge on any atom is 0.128 e. The summed E-state index contributed by atoms with van der Waals surface area (Å²) >= 11 is 0. The number of aliphatic hydroxyl groups is 2. The number of aliphatic hydroxyl groups excluding tert-OH is 1. The molecular weight excluding hydrogens is 233 g/mol. The first-order chi connectivity index (χ1) is 8.29. The van der Waals surface area contributed by atoms with Gasteiger partial charge in [-0.2, -0.15) is 0 Å². The number of rotatable bonds is 6. The average molecular weight is 255 g/mol. The van der Waals surface area contributed by atoms with Gasteiger partial charge in [0.05, 0.1) is 11.7 Å². The summed E-state index contributed by atoms with van der Waals surface area (Å²) in [5, 5.41) is 19.6. The summed E-state index contributed by atoms with van der Waals surface area (Å²) < 4.78 is 13.4. The Morgan fingerprint density at radius 2 is 1.94 bits per heavy atom. The summed E-state index contributed by atoms with van der Waals surface area (Å²) in [5.41, 5.74) is -0.438. The molecule has 0 aliphatic carbocycles. The standard InChI is InChI=1S/C14H22FNO2/c1-14(2,18)10-16(3)9-8-13(17)11-6-4-5-7-12(11)15/h4-7,13,17-18H,8-10H2,1-3H3. The number of nitrogens with zero attached hydrogens (tertiary/aromatic N) is 1. The maximum absolute atomic E-state index is 13.4. The van der Waals surface area contributed by atoms with Gasteiger partial charge >= 0.3 is 0 Å². The highest BCUT2D eigenvalue weighted by Crippen LogP contribution is 2.20. The van der Waals surface area contributed by atoms with Crippen molar-refractivity contribution in [3.05, 3.63) is 35.6 Å². The van der Waals surface area contributed by atoms with Crippen molar-refractivity contribution in [2.75, 3.05) is 20.1 Å². The normalized spacial score (nSPS) is 13.9. The van der Waals surface area contributed by atoms with E-state index < -0.39 is 11.7 Å². The lowest BCUT2D eigenvalue weighted by Crippen LogP contribution is -2.37. The third kappa shape index (κ3) is 5.12. The lowest BCUT2D eigenvalue weighted by Gasteiger charge is -2.26. The lowest BCUT2D eigenvalue weighted by atomic mass is 10.1. The predicted molar refractivity (Wildman–Crippen MR) is 69.8 cm³/mol. The molecule has 0 saturated carbocycles. The van der Waals surface area contributed by atoms with E-state index >= 15 is 0 Å². The van der Waals surface area contributed by atoms with Crippen LogP contribution in [0, 0.1) is 5.82 Å². The van der Waals surface area contributed by atoms with E-state index in [-0.39, 0.29) is 5.82 Å². The van der Waals surface area contributed by atoms with Gasteiger partial charge in [-0.3, -0.25) is 0 Å². The second-order valence-electron chi connectivity index (χ2n) is 5.38. The van der Waals surface area contributed by atoms with Crippen LogP contribution in [-0.4, -0.2) is 40.9 Å². The van der Waals surface area contributed by atoms with E-state index in [0.29, 0.717) is 25.1 Å². The van der Waals surface area contributed by atoms with Gasteiger partial charge in [0.1, 0.15) is 5.82 Å². The number of hydrogen-bond donors (Lipinski definition) is 2. The number of halogens is 1. The largest absolute Gasteiger partial charge is 0.389 e. The van der Waals surface area contributed by atoms with Crippen LogP contribution in [0.3, 0.4) is 0 Å². The second-order valence-corrected chi connectivity index (χ2v) is 5.38. The maximum atomic E-state index is 13.4. The topological polar surface area (TPSA) is 43.7 Å². The molecule has 1 atom stereocenters. The summed E-state index contributed by atoms with van der Waals surface area (Å²) in [6.45, 7) is 4.57. The van der Waals surface area contributed by atoms with Gasteiger partial charge in [-0.1, -0.05) is 18.2 Å². The molecule has 0 spiro atoms. The zero-order valence-corrected chi connectivity index (χ0v) is 11.2. The van der Waals surface area contributed by atoms with Crippen LogP contribution in [0.1, 0.15) is 31.9 Å². The molecule has 3 nitrogen and oxygen atoms in total. The molecule has 4 heteroatoms. The molecular formula is C14H22FNO2. The lowest BCUT2D eigenvalue weighted by molar-refractivity contribution is 0.0391. The fourth-order valence-corrected chi connectivity index (χ4v) is 1.98. The van der Waals surface area contributed by atoms with E-state index in [1.807, 2.05) is 11.9 Å². The van der Waals surface area contributed by atoms with E-state index in [4.69, 9.17) is 0 Å². The molecule has 2 N–H and O–H groups in total. The van der Waals surface area contributed by atoms with Gasteiger partial charge in [0.15, 0.2) is 0 Å². The Kier molecular flexibility index (Phi) is 5.26. The Bertz CT molecular complexity index is 376. The molecule has 0 aliphatic heterocycles. The van der Waals surface area contributed by atoms with Crippen LogP contribution >= 0.6 is 0 Å². The summed E-state index contributed by atoms with van der Waals surface area (Å²) in [7, 11) is 1.87. The molecule has 0 aromatic heterocycles.